The molecule has 0 bridgehead atoms. The number of carbonyl (C=O) groups is 1. The molecule has 2 aromatic carbocycles. The zero-order chi connectivity index (χ0) is 22.1. The Morgan fingerprint density at radius 3 is 2.35 bits per heavy atom. The summed E-state index contributed by atoms with van der Waals surface area (Å²) < 4.78 is 33.8. The molecule has 158 valence electrons. The van der Waals surface area contributed by atoms with E-state index < -0.39 is 17.8 Å². The minimum absolute atomic E-state index is 0.167. The largest absolute Gasteiger partial charge is 0.463 e. The number of rotatable bonds is 4. The predicted molar refractivity (Wildman–Crippen MR) is 113 cm³/mol. The topological polar surface area (TPSA) is 60.7 Å². The van der Waals surface area contributed by atoms with Gasteiger partial charge in [-0.05, 0) is 55.3 Å². The SMILES string of the molecule is CCOC(=O)C1=C(C)N=c2sc(=Cc3ccc(F)cc3)c(=O)n2[C@H]1c1ccc(F)cc1. The number of esters is 1. The highest BCUT2D eigenvalue weighted by molar-refractivity contribution is 7.07. The summed E-state index contributed by atoms with van der Waals surface area (Å²) in [5, 5.41) is 0. The van der Waals surface area contributed by atoms with Gasteiger partial charge in [0.1, 0.15) is 11.6 Å². The first kappa shape index (κ1) is 20.9. The van der Waals surface area contributed by atoms with Crippen LogP contribution in [-0.4, -0.2) is 17.1 Å². The third-order valence-corrected chi connectivity index (χ3v) is 5.85. The minimum Gasteiger partial charge on any atom is -0.463 e. The van der Waals surface area contributed by atoms with E-state index in [-0.39, 0.29) is 23.6 Å². The van der Waals surface area contributed by atoms with Gasteiger partial charge in [0, 0.05) is 0 Å². The number of ether oxygens (including phenoxy) is 1. The molecule has 0 radical (unpaired) electrons. The standard InChI is InChI=1S/C23H18F2N2O3S/c1-3-30-22(29)19-13(2)26-23-27(20(19)15-6-10-17(25)11-7-15)21(28)18(31-23)12-14-4-8-16(24)9-5-14/h4-12,20H,3H2,1-2H3/t20-/m0/s1. The molecule has 1 aliphatic heterocycles. The van der Waals surface area contributed by atoms with Gasteiger partial charge in [0.15, 0.2) is 4.80 Å². The van der Waals surface area contributed by atoms with Gasteiger partial charge in [0.25, 0.3) is 5.56 Å². The second-order valence-corrected chi connectivity index (χ2v) is 7.91. The zero-order valence-electron chi connectivity index (χ0n) is 16.8. The summed E-state index contributed by atoms with van der Waals surface area (Å²) in [7, 11) is 0. The van der Waals surface area contributed by atoms with Crippen molar-refractivity contribution in [3.05, 3.63) is 102 Å². The Kier molecular flexibility index (Phi) is 5.65. The van der Waals surface area contributed by atoms with Crippen LogP contribution in [0.25, 0.3) is 6.08 Å². The van der Waals surface area contributed by atoms with Crippen LogP contribution in [0.2, 0.25) is 0 Å². The van der Waals surface area contributed by atoms with Crippen molar-refractivity contribution in [1.82, 2.24) is 4.57 Å². The van der Waals surface area contributed by atoms with E-state index in [4.69, 9.17) is 4.74 Å². The van der Waals surface area contributed by atoms with Crippen molar-refractivity contribution >= 4 is 23.4 Å². The van der Waals surface area contributed by atoms with E-state index in [1.54, 1.807) is 32.1 Å². The highest BCUT2D eigenvalue weighted by Gasteiger charge is 2.33. The number of halogens is 2. The molecule has 0 amide bonds. The first-order valence-corrected chi connectivity index (χ1v) is 10.4. The summed E-state index contributed by atoms with van der Waals surface area (Å²) in [6, 6.07) is 10.6. The van der Waals surface area contributed by atoms with Gasteiger partial charge in [-0.3, -0.25) is 9.36 Å². The van der Waals surface area contributed by atoms with E-state index in [9.17, 15) is 18.4 Å². The highest BCUT2D eigenvalue weighted by atomic mass is 32.1. The molecule has 1 aromatic heterocycles. The zero-order valence-corrected chi connectivity index (χ0v) is 17.6. The van der Waals surface area contributed by atoms with Crippen LogP contribution in [0.1, 0.15) is 31.0 Å². The minimum atomic E-state index is -0.800. The van der Waals surface area contributed by atoms with E-state index in [0.717, 1.165) is 0 Å². The Labute approximate surface area is 180 Å². The van der Waals surface area contributed by atoms with E-state index in [0.29, 0.717) is 26.2 Å². The first-order chi connectivity index (χ1) is 14.9. The lowest BCUT2D eigenvalue weighted by Crippen LogP contribution is -2.39. The third-order valence-electron chi connectivity index (χ3n) is 4.87. The fourth-order valence-electron chi connectivity index (χ4n) is 3.46. The maximum Gasteiger partial charge on any atom is 0.338 e. The number of hydrogen-bond donors (Lipinski definition) is 0. The van der Waals surface area contributed by atoms with Crippen LogP contribution >= 0.6 is 11.3 Å². The number of nitrogens with zero attached hydrogens (tertiary/aromatic N) is 2. The van der Waals surface area contributed by atoms with Gasteiger partial charge < -0.3 is 4.74 Å². The van der Waals surface area contributed by atoms with E-state index in [2.05, 4.69) is 4.99 Å². The summed E-state index contributed by atoms with van der Waals surface area (Å²) in [6.07, 6.45) is 1.65. The van der Waals surface area contributed by atoms with Gasteiger partial charge in [-0.25, -0.2) is 18.6 Å². The number of allylic oxidation sites excluding steroid dienone is 1. The Morgan fingerprint density at radius 1 is 1.13 bits per heavy atom. The lowest BCUT2D eigenvalue weighted by Gasteiger charge is -2.24. The van der Waals surface area contributed by atoms with Gasteiger partial charge in [-0.2, -0.15) is 0 Å². The van der Waals surface area contributed by atoms with E-state index in [1.807, 2.05) is 0 Å². The number of hydrogen-bond acceptors (Lipinski definition) is 5. The number of aromatic nitrogens is 1. The first-order valence-electron chi connectivity index (χ1n) is 9.59. The van der Waals surface area contributed by atoms with Crippen molar-refractivity contribution in [2.24, 2.45) is 4.99 Å². The molecular weight excluding hydrogens is 422 g/mol. The number of fused-ring (bicyclic) bond motifs is 1. The van der Waals surface area contributed by atoms with Crippen LogP contribution in [0, 0.1) is 11.6 Å². The van der Waals surface area contributed by atoms with Crippen LogP contribution in [0.15, 0.2) is 69.6 Å². The molecular formula is C23H18F2N2O3S. The Balaban J connectivity index is 1.94. The molecule has 3 aromatic rings. The van der Waals surface area contributed by atoms with Gasteiger partial charge in [-0.1, -0.05) is 35.6 Å². The fourth-order valence-corrected chi connectivity index (χ4v) is 4.51. The van der Waals surface area contributed by atoms with Crippen LogP contribution in [0.3, 0.4) is 0 Å². The van der Waals surface area contributed by atoms with Crippen molar-refractivity contribution < 1.29 is 18.3 Å². The summed E-state index contributed by atoms with van der Waals surface area (Å²) in [6.45, 7) is 3.54. The Hall–Kier alpha value is -3.39. The van der Waals surface area contributed by atoms with E-state index in [1.165, 1.54) is 52.3 Å². The number of benzene rings is 2. The monoisotopic (exact) mass is 440 g/mol. The van der Waals surface area contributed by atoms with Crippen molar-refractivity contribution in [1.29, 1.82) is 0 Å². The van der Waals surface area contributed by atoms with E-state index >= 15 is 0 Å². The summed E-state index contributed by atoms with van der Waals surface area (Å²) in [5.74, 6) is -1.37. The molecule has 5 nitrogen and oxygen atoms in total. The van der Waals surface area contributed by atoms with Crippen molar-refractivity contribution in [3.63, 3.8) is 0 Å². The average molecular weight is 440 g/mol. The van der Waals surface area contributed by atoms with Crippen molar-refractivity contribution in [2.75, 3.05) is 6.61 Å². The average Bonchev–Trinajstić information content (AvgIpc) is 3.04. The molecule has 8 heteroatoms. The Bertz CT molecular complexity index is 1350. The Morgan fingerprint density at radius 2 is 1.74 bits per heavy atom. The van der Waals surface area contributed by atoms with Gasteiger partial charge >= 0.3 is 5.97 Å². The van der Waals surface area contributed by atoms with Crippen LogP contribution in [0.4, 0.5) is 8.78 Å². The lowest BCUT2D eigenvalue weighted by atomic mass is 9.96. The van der Waals surface area contributed by atoms with Crippen molar-refractivity contribution in [2.45, 2.75) is 19.9 Å². The van der Waals surface area contributed by atoms with Gasteiger partial charge in [0.2, 0.25) is 0 Å². The molecule has 0 fully saturated rings. The number of thiazole rings is 1. The molecule has 0 N–H and O–H groups in total. The molecule has 4 rings (SSSR count). The highest BCUT2D eigenvalue weighted by Crippen LogP contribution is 2.30. The van der Waals surface area contributed by atoms with Crippen LogP contribution < -0.4 is 14.9 Å². The molecule has 0 saturated heterocycles. The fraction of sp³-hybridized carbons (Fsp3) is 0.174. The van der Waals surface area contributed by atoms with Crippen LogP contribution in [0.5, 0.6) is 0 Å². The molecule has 2 heterocycles. The molecule has 0 spiro atoms. The summed E-state index contributed by atoms with van der Waals surface area (Å²) in [5.41, 5.74) is 1.53. The number of carbonyl (C=O) groups excluding carboxylic acids is 1. The molecule has 1 atom stereocenters. The predicted octanol–water partition coefficient (Wildman–Crippen LogP) is 3.08. The maximum absolute atomic E-state index is 13.5. The van der Waals surface area contributed by atoms with Gasteiger partial charge in [0.05, 0.1) is 28.5 Å². The maximum atomic E-state index is 13.5. The smallest absolute Gasteiger partial charge is 0.338 e. The van der Waals surface area contributed by atoms with Gasteiger partial charge in [-0.15, -0.1) is 0 Å². The second-order valence-electron chi connectivity index (χ2n) is 6.91. The third kappa shape index (κ3) is 3.98. The molecule has 1 aliphatic rings. The normalized spacial score (nSPS) is 16.1. The molecule has 31 heavy (non-hydrogen) atoms. The second kappa shape index (κ2) is 8.39. The summed E-state index contributed by atoms with van der Waals surface area (Å²) in [4.78, 5) is 31.0. The molecule has 0 unspecified atom stereocenters. The lowest BCUT2D eigenvalue weighted by molar-refractivity contribution is -0.139. The van der Waals surface area contributed by atoms with Crippen LogP contribution in [-0.2, 0) is 9.53 Å². The molecule has 0 saturated carbocycles. The quantitative estimate of drug-likeness (QED) is 0.586. The van der Waals surface area contributed by atoms with Crippen molar-refractivity contribution in [3.8, 4) is 0 Å². The summed E-state index contributed by atoms with van der Waals surface area (Å²) >= 11 is 1.17. The molecule has 0 aliphatic carbocycles.